The minimum atomic E-state index is -1.18. The first-order valence-corrected chi connectivity index (χ1v) is 10.9. The summed E-state index contributed by atoms with van der Waals surface area (Å²) >= 11 is 5.64. The van der Waals surface area contributed by atoms with Crippen LogP contribution in [-0.4, -0.2) is 29.3 Å². The largest absolute Gasteiger partial charge is 0.457 e. The van der Waals surface area contributed by atoms with E-state index in [9.17, 15) is 14.0 Å². The van der Waals surface area contributed by atoms with Gasteiger partial charge in [-0.1, -0.05) is 30.3 Å². The predicted octanol–water partition coefficient (Wildman–Crippen LogP) is 4.64. The van der Waals surface area contributed by atoms with Crippen molar-refractivity contribution in [3.8, 4) is 11.5 Å². The molecule has 1 fully saturated rings. The molecule has 4 rings (SSSR count). The number of anilines is 1. The van der Waals surface area contributed by atoms with Gasteiger partial charge in [0.1, 0.15) is 28.7 Å². The molecule has 1 saturated carbocycles. The van der Waals surface area contributed by atoms with Crippen molar-refractivity contribution in [3.05, 3.63) is 90.2 Å². The number of nitrogens with one attached hydrogen (secondary N) is 2. The average molecular weight is 469 g/mol. The van der Waals surface area contributed by atoms with Crippen molar-refractivity contribution in [2.45, 2.75) is 24.7 Å². The van der Waals surface area contributed by atoms with Gasteiger partial charge in [-0.05, 0) is 54.1 Å². The zero-order valence-corrected chi connectivity index (χ0v) is 18.3. The average Bonchev–Trinajstić information content (AvgIpc) is 3.54. The van der Waals surface area contributed by atoms with Crippen molar-refractivity contribution in [2.75, 3.05) is 11.2 Å². The Morgan fingerprint density at radius 2 is 1.61 bits per heavy atom. The van der Waals surface area contributed by atoms with Crippen molar-refractivity contribution < 1.29 is 23.5 Å². The highest BCUT2D eigenvalue weighted by atomic mass is 35.5. The van der Waals surface area contributed by atoms with Crippen LogP contribution < -0.4 is 15.4 Å². The van der Waals surface area contributed by atoms with Crippen LogP contribution in [0.25, 0.3) is 0 Å². The SMILES string of the molecule is O=C(CCl)N[C@@]1(C(=O)Nc2ccc(Oc3ccc(F)cc3)cc2)CC1OCc1ccccc1. The van der Waals surface area contributed by atoms with E-state index in [1.807, 2.05) is 30.3 Å². The summed E-state index contributed by atoms with van der Waals surface area (Å²) in [4.78, 5) is 25.0. The van der Waals surface area contributed by atoms with Gasteiger partial charge in [-0.25, -0.2) is 4.39 Å². The van der Waals surface area contributed by atoms with Crippen LogP contribution in [0.5, 0.6) is 11.5 Å². The number of hydrogen-bond acceptors (Lipinski definition) is 4. The van der Waals surface area contributed by atoms with Gasteiger partial charge < -0.3 is 20.1 Å². The fourth-order valence-electron chi connectivity index (χ4n) is 3.40. The van der Waals surface area contributed by atoms with Gasteiger partial charge in [0.25, 0.3) is 5.91 Å². The molecule has 8 heteroatoms. The van der Waals surface area contributed by atoms with E-state index >= 15 is 0 Å². The molecule has 2 amide bonds. The molecule has 170 valence electrons. The van der Waals surface area contributed by atoms with Crippen molar-refractivity contribution >= 4 is 29.1 Å². The third-order valence-electron chi connectivity index (χ3n) is 5.24. The van der Waals surface area contributed by atoms with Gasteiger partial charge in [-0.3, -0.25) is 9.59 Å². The molecule has 2 N–H and O–H groups in total. The number of benzene rings is 3. The van der Waals surface area contributed by atoms with E-state index in [-0.39, 0.29) is 17.6 Å². The molecule has 0 spiro atoms. The smallest absolute Gasteiger partial charge is 0.252 e. The van der Waals surface area contributed by atoms with E-state index in [2.05, 4.69) is 10.6 Å². The highest BCUT2D eigenvalue weighted by Crippen LogP contribution is 2.41. The molecule has 0 aromatic heterocycles. The first-order valence-electron chi connectivity index (χ1n) is 10.4. The van der Waals surface area contributed by atoms with Gasteiger partial charge in [0.2, 0.25) is 5.91 Å². The van der Waals surface area contributed by atoms with Crippen molar-refractivity contribution in [1.82, 2.24) is 5.32 Å². The first-order chi connectivity index (χ1) is 16.0. The second-order valence-corrected chi connectivity index (χ2v) is 7.94. The molecule has 0 saturated heterocycles. The fraction of sp³-hybridized carbons (Fsp3) is 0.200. The molecule has 0 bridgehead atoms. The van der Waals surface area contributed by atoms with Gasteiger partial charge in [0, 0.05) is 12.1 Å². The third-order valence-corrected chi connectivity index (χ3v) is 5.48. The van der Waals surface area contributed by atoms with E-state index in [1.165, 1.54) is 24.3 Å². The minimum Gasteiger partial charge on any atom is -0.457 e. The zero-order chi connectivity index (χ0) is 23.3. The third kappa shape index (κ3) is 5.69. The molecular formula is C25H22ClFN2O4. The maximum Gasteiger partial charge on any atom is 0.252 e. The second-order valence-electron chi connectivity index (χ2n) is 7.68. The predicted molar refractivity (Wildman–Crippen MR) is 123 cm³/mol. The van der Waals surface area contributed by atoms with Gasteiger partial charge in [-0.2, -0.15) is 0 Å². The number of amides is 2. The first kappa shape index (κ1) is 22.8. The molecule has 0 radical (unpaired) electrons. The minimum absolute atomic E-state index is 0.254. The lowest BCUT2D eigenvalue weighted by Crippen LogP contribution is -2.49. The van der Waals surface area contributed by atoms with Gasteiger partial charge >= 0.3 is 0 Å². The van der Waals surface area contributed by atoms with Gasteiger partial charge in [0.05, 0.1) is 12.7 Å². The molecule has 3 aromatic carbocycles. The van der Waals surface area contributed by atoms with Gasteiger partial charge in [-0.15, -0.1) is 11.6 Å². The lowest BCUT2D eigenvalue weighted by atomic mass is 10.2. The lowest BCUT2D eigenvalue weighted by molar-refractivity contribution is -0.127. The highest BCUT2D eigenvalue weighted by molar-refractivity contribution is 6.27. The summed E-state index contributed by atoms with van der Waals surface area (Å²) in [6.45, 7) is 0.326. The summed E-state index contributed by atoms with van der Waals surface area (Å²) in [5, 5.41) is 5.53. The summed E-state index contributed by atoms with van der Waals surface area (Å²) in [7, 11) is 0. The summed E-state index contributed by atoms with van der Waals surface area (Å²) in [5.41, 5.74) is 0.322. The van der Waals surface area contributed by atoms with Crippen LogP contribution in [-0.2, 0) is 20.9 Å². The van der Waals surface area contributed by atoms with Crippen LogP contribution in [0, 0.1) is 5.82 Å². The highest BCUT2D eigenvalue weighted by Gasteiger charge is 2.62. The van der Waals surface area contributed by atoms with Crippen LogP contribution in [0.4, 0.5) is 10.1 Å². The molecule has 0 aliphatic heterocycles. The Labute approximate surface area is 195 Å². The summed E-state index contributed by atoms with van der Waals surface area (Å²) in [6, 6.07) is 22.0. The summed E-state index contributed by atoms with van der Waals surface area (Å²) < 4.78 is 24.6. The molecule has 1 unspecified atom stereocenters. The zero-order valence-electron chi connectivity index (χ0n) is 17.6. The molecule has 1 aliphatic carbocycles. The van der Waals surface area contributed by atoms with Crippen molar-refractivity contribution in [2.24, 2.45) is 0 Å². The molecule has 2 atom stereocenters. The van der Waals surface area contributed by atoms with E-state index < -0.39 is 17.6 Å². The Morgan fingerprint density at radius 3 is 2.24 bits per heavy atom. The topological polar surface area (TPSA) is 76.7 Å². The maximum atomic E-state index is 13.1. The van der Waals surface area contributed by atoms with E-state index in [0.29, 0.717) is 30.2 Å². The molecule has 33 heavy (non-hydrogen) atoms. The number of hydrogen-bond donors (Lipinski definition) is 2. The van der Waals surface area contributed by atoms with Gasteiger partial charge in [0.15, 0.2) is 0 Å². The summed E-state index contributed by atoms with van der Waals surface area (Å²) in [6.07, 6.45) is -0.119. The molecule has 0 heterocycles. The lowest BCUT2D eigenvalue weighted by Gasteiger charge is -2.19. The van der Waals surface area contributed by atoms with Crippen LogP contribution in [0.1, 0.15) is 12.0 Å². The molecule has 3 aromatic rings. The van der Waals surface area contributed by atoms with E-state index in [1.54, 1.807) is 24.3 Å². The Balaban J connectivity index is 1.39. The Bertz CT molecular complexity index is 1110. The number of ether oxygens (including phenoxy) is 2. The quantitative estimate of drug-likeness (QED) is 0.448. The number of carbonyl (C=O) groups is 2. The van der Waals surface area contributed by atoms with Crippen LogP contribution in [0.2, 0.25) is 0 Å². The fourth-order valence-corrected chi connectivity index (χ4v) is 3.47. The van der Waals surface area contributed by atoms with Crippen molar-refractivity contribution in [3.63, 3.8) is 0 Å². The van der Waals surface area contributed by atoms with E-state index in [4.69, 9.17) is 21.1 Å². The second kappa shape index (κ2) is 10.0. The molecular weight excluding hydrogens is 447 g/mol. The number of carbonyl (C=O) groups excluding carboxylic acids is 2. The molecule has 1 aliphatic rings. The number of alkyl halides is 1. The molecule has 6 nitrogen and oxygen atoms in total. The Kier molecular flexibility index (Phi) is 6.91. The Morgan fingerprint density at radius 1 is 0.970 bits per heavy atom. The van der Waals surface area contributed by atoms with Crippen LogP contribution in [0.15, 0.2) is 78.9 Å². The Hall–Kier alpha value is -3.42. The van der Waals surface area contributed by atoms with Crippen molar-refractivity contribution in [1.29, 1.82) is 0 Å². The van der Waals surface area contributed by atoms with Crippen LogP contribution >= 0.6 is 11.6 Å². The number of halogens is 2. The standard InChI is InChI=1S/C25H22ClFN2O4/c26-15-23(30)29-25(14-22(25)32-16-17-4-2-1-3-5-17)24(31)28-19-8-12-21(13-9-19)33-20-10-6-18(27)7-11-20/h1-13,22H,14-16H2,(H,28,31)(H,29,30)/t22?,25-/m0/s1. The normalized spacial score (nSPS) is 18.9. The summed E-state index contributed by atoms with van der Waals surface area (Å²) in [5.74, 6) is -0.406. The monoisotopic (exact) mass is 468 g/mol. The number of rotatable bonds is 9. The maximum absolute atomic E-state index is 13.1. The van der Waals surface area contributed by atoms with Crippen LogP contribution in [0.3, 0.4) is 0 Å². The van der Waals surface area contributed by atoms with E-state index in [0.717, 1.165) is 5.56 Å².